The van der Waals surface area contributed by atoms with Crippen LogP contribution in [0.3, 0.4) is 0 Å². The molecule has 0 bridgehead atoms. The molecule has 3 nitrogen and oxygen atoms in total. The van der Waals surface area contributed by atoms with Crippen molar-refractivity contribution >= 4 is 5.91 Å². The first-order chi connectivity index (χ1) is 4.54. The van der Waals surface area contributed by atoms with Crippen LogP contribution in [0.4, 0.5) is 0 Å². The van der Waals surface area contributed by atoms with Gasteiger partial charge in [-0.15, -0.1) is 0 Å². The van der Waals surface area contributed by atoms with Gasteiger partial charge in [-0.25, -0.2) is 0 Å². The van der Waals surface area contributed by atoms with Crippen LogP contribution in [0.25, 0.3) is 0 Å². The standard InChI is InChI=1S/C7H13NO2/c1-4-7(3,10)6(9)8-5-2/h4,10H,1,5H2,2-3H3,(H,8,9). The van der Waals surface area contributed by atoms with Crippen LogP contribution in [0.15, 0.2) is 12.7 Å². The van der Waals surface area contributed by atoms with Crippen LogP contribution in [-0.4, -0.2) is 23.2 Å². The van der Waals surface area contributed by atoms with Crippen LogP contribution in [-0.2, 0) is 4.79 Å². The summed E-state index contributed by atoms with van der Waals surface area (Å²) >= 11 is 0. The van der Waals surface area contributed by atoms with Gasteiger partial charge in [0.15, 0.2) is 5.60 Å². The Morgan fingerprint density at radius 3 is 2.70 bits per heavy atom. The molecule has 1 amide bonds. The van der Waals surface area contributed by atoms with E-state index in [0.717, 1.165) is 0 Å². The Labute approximate surface area is 60.7 Å². The zero-order valence-electron chi connectivity index (χ0n) is 6.35. The molecule has 0 spiro atoms. The molecule has 1 atom stereocenters. The molecule has 0 saturated heterocycles. The minimum Gasteiger partial charge on any atom is -0.376 e. The van der Waals surface area contributed by atoms with Gasteiger partial charge in [-0.3, -0.25) is 4.79 Å². The number of carbonyl (C=O) groups excluding carboxylic acids is 1. The second-order valence-corrected chi connectivity index (χ2v) is 2.21. The van der Waals surface area contributed by atoms with Crippen molar-refractivity contribution in [1.29, 1.82) is 0 Å². The number of rotatable bonds is 3. The molecule has 10 heavy (non-hydrogen) atoms. The Balaban J connectivity index is 4.04. The Morgan fingerprint density at radius 1 is 1.90 bits per heavy atom. The first kappa shape index (κ1) is 9.17. The Bertz CT molecular complexity index is 141. The van der Waals surface area contributed by atoms with Crippen LogP contribution >= 0.6 is 0 Å². The van der Waals surface area contributed by atoms with Gasteiger partial charge < -0.3 is 10.4 Å². The first-order valence-electron chi connectivity index (χ1n) is 3.19. The zero-order chi connectivity index (χ0) is 8.20. The molecule has 0 radical (unpaired) electrons. The quantitative estimate of drug-likeness (QED) is 0.549. The van der Waals surface area contributed by atoms with Crippen LogP contribution < -0.4 is 5.32 Å². The summed E-state index contributed by atoms with van der Waals surface area (Å²) in [4.78, 5) is 10.9. The molecule has 0 aromatic heterocycles. The second kappa shape index (κ2) is 3.37. The van der Waals surface area contributed by atoms with Gasteiger partial charge in [-0.05, 0) is 13.8 Å². The molecular formula is C7H13NO2. The lowest BCUT2D eigenvalue weighted by molar-refractivity contribution is -0.133. The number of likely N-dealkylation sites (N-methyl/N-ethyl adjacent to an activating group) is 1. The average Bonchev–Trinajstić information content (AvgIpc) is 1.89. The summed E-state index contributed by atoms with van der Waals surface area (Å²) < 4.78 is 0. The van der Waals surface area contributed by atoms with Crippen LogP contribution in [0.5, 0.6) is 0 Å². The van der Waals surface area contributed by atoms with Crippen molar-refractivity contribution in [3.63, 3.8) is 0 Å². The highest BCUT2D eigenvalue weighted by Crippen LogP contribution is 2.02. The van der Waals surface area contributed by atoms with Gasteiger partial charge >= 0.3 is 0 Å². The summed E-state index contributed by atoms with van der Waals surface area (Å²) in [6, 6.07) is 0. The van der Waals surface area contributed by atoms with Gasteiger partial charge in [0.05, 0.1) is 0 Å². The van der Waals surface area contributed by atoms with Crippen molar-refractivity contribution in [3.8, 4) is 0 Å². The van der Waals surface area contributed by atoms with Gasteiger partial charge in [0.25, 0.3) is 5.91 Å². The fourth-order valence-electron chi connectivity index (χ4n) is 0.432. The lowest BCUT2D eigenvalue weighted by Gasteiger charge is -2.16. The molecule has 0 heterocycles. The molecule has 3 heteroatoms. The number of hydrogen-bond acceptors (Lipinski definition) is 2. The van der Waals surface area contributed by atoms with Crippen molar-refractivity contribution < 1.29 is 9.90 Å². The van der Waals surface area contributed by atoms with E-state index < -0.39 is 11.5 Å². The highest BCUT2D eigenvalue weighted by molar-refractivity contribution is 5.86. The normalized spacial score (nSPS) is 15.5. The van der Waals surface area contributed by atoms with Crippen molar-refractivity contribution in [2.24, 2.45) is 0 Å². The maximum Gasteiger partial charge on any atom is 0.255 e. The van der Waals surface area contributed by atoms with Crippen molar-refractivity contribution in [1.82, 2.24) is 5.32 Å². The highest BCUT2D eigenvalue weighted by Gasteiger charge is 2.24. The van der Waals surface area contributed by atoms with Crippen molar-refractivity contribution in [2.45, 2.75) is 19.4 Å². The molecule has 0 fully saturated rings. The number of amides is 1. The summed E-state index contributed by atoms with van der Waals surface area (Å²) in [5.41, 5.74) is -1.43. The summed E-state index contributed by atoms with van der Waals surface area (Å²) in [5.74, 6) is -0.412. The zero-order valence-corrected chi connectivity index (χ0v) is 6.35. The molecule has 0 aromatic rings. The minimum absolute atomic E-state index is 0.412. The monoisotopic (exact) mass is 143 g/mol. The predicted molar refractivity (Wildman–Crippen MR) is 39.5 cm³/mol. The Kier molecular flexibility index (Phi) is 3.09. The van der Waals surface area contributed by atoms with E-state index in [1.165, 1.54) is 13.0 Å². The summed E-state index contributed by atoms with van der Waals surface area (Å²) in [6.45, 7) is 7.02. The summed E-state index contributed by atoms with van der Waals surface area (Å²) in [5, 5.41) is 11.7. The summed E-state index contributed by atoms with van der Waals surface area (Å²) in [6.07, 6.45) is 1.21. The fourth-order valence-corrected chi connectivity index (χ4v) is 0.432. The maximum atomic E-state index is 10.9. The first-order valence-corrected chi connectivity index (χ1v) is 3.19. The smallest absolute Gasteiger partial charge is 0.255 e. The van der Waals surface area contributed by atoms with E-state index in [1.807, 2.05) is 0 Å². The van der Waals surface area contributed by atoms with Crippen LogP contribution in [0.1, 0.15) is 13.8 Å². The molecule has 0 aliphatic rings. The molecule has 58 valence electrons. The van der Waals surface area contributed by atoms with Gasteiger partial charge in [0.1, 0.15) is 0 Å². The largest absolute Gasteiger partial charge is 0.376 e. The van der Waals surface area contributed by atoms with Gasteiger partial charge in [-0.2, -0.15) is 0 Å². The SMILES string of the molecule is C=CC(C)(O)C(=O)NCC. The lowest BCUT2D eigenvalue weighted by Crippen LogP contribution is -2.42. The number of nitrogens with one attached hydrogen (secondary N) is 1. The topological polar surface area (TPSA) is 49.3 Å². The maximum absolute atomic E-state index is 10.9. The third-order valence-electron chi connectivity index (χ3n) is 1.19. The molecule has 0 rings (SSSR count). The average molecular weight is 143 g/mol. The van der Waals surface area contributed by atoms with Gasteiger partial charge in [0.2, 0.25) is 0 Å². The van der Waals surface area contributed by atoms with E-state index in [-0.39, 0.29) is 0 Å². The molecule has 0 aliphatic heterocycles. The lowest BCUT2D eigenvalue weighted by atomic mass is 10.1. The van der Waals surface area contributed by atoms with Crippen molar-refractivity contribution in [2.75, 3.05) is 6.54 Å². The van der Waals surface area contributed by atoms with E-state index in [4.69, 9.17) is 0 Å². The van der Waals surface area contributed by atoms with E-state index in [2.05, 4.69) is 11.9 Å². The number of carbonyl (C=O) groups is 1. The van der Waals surface area contributed by atoms with Crippen LogP contribution in [0, 0.1) is 0 Å². The number of hydrogen-bond donors (Lipinski definition) is 2. The van der Waals surface area contributed by atoms with E-state index in [0.29, 0.717) is 6.54 Å². The van der Waals surface area contributed by atoms with E-state index in [1.54, 1.807) is 6.92 Å². The molecule has 0 aromatic carbocycles. The highest BCUT2D eigenvalue weighted by atomic mass is 16.3. The minimum atomic E-state index is -1.43. The van der Waals surface area contributed by atoms with Crippen molar-refractivity contribution in [3.05, 3.63) is 12.7 Å². The molecule has 0 saturated carbocycles. The van der Waals surface area contributed by atoms with Gasteiger partial charge in [-0.1, -0.05) is 12.7 Å². The van der Waals surface area contributed by atoms with Gasteiger partial charge in [0, 0.05) is 6.54 Å². The fraction of sp³-hybridized carbons (Fsp3) is 0.571. The van der Waals surface area contributed by atoms with E-state index >= 15 is 0 Å². The molecule has 0 aliphatic carbocycles. The third kappa shape index (κ3) is 2.19. The molecular weight excluding hydrogens is 130 g/mol. The Morgan fingerprint density at radius 2 is 2.40 bits per heavy atom. The Hall–Kier alpha value is -0.830. The number of aliphatic hydroxyl groups is 1. The molecule has 1 unspecified atom stereocenters. The second-order valence-electron chi connectivity index (χ2n) is 2.21. The predicted octanol–water partition coefficient (Wildman–Crippen LogP) is 0.0595. The molecule has 2 N–H and O–H groups in total. The summed E-state index contributed by atoms with van der Waals surface area (Å²) in [7, 11) is 0. The van der Waals surface area contributed by atoms with E-state index in [9.17, 15) is 9.90 Å². The van der Waals surface area contributed by atoms with Crippen LogP contribution in [0.2, 0.25) is 0 Å². The third-order valence-corrected chi connectivity index (χ3v) is 1.19.